The number of nitro benzene ring substituents is 1. The summed E-state index contributed by atoms with van der Waals surface area (Å²) in [5.74, 6) is -1.25. The van der Waals surface area contributed by atoms with Gasteiger partial charge in [-0.1, -0.05) is 29.8 Å². The van der Waals surface area contributed by atoms with Crippen molar-refractivity contribution in [2.45, 2.75) is 13.8 Å². The molecule has 3 rings (SSSR count). The van der Waals surface area contributed by atoms with Gasteiger partial charge in [-0.2, -0.15) is 0 Å². The minimum Gasteiger partial charge on any atom is -0.451 e. The highest BCUT2D eigenvalue weighted by Gasteiger charge is 2.16. The van der Waals surface area contributed by atoms with Crippen LogP contribution >= 0.6 is 11.3 Å². The number of carbonyl (C=O) groups is 2. The van der Waals surface area contributed by atoms with Gasteiger partial charge in [0.15, 0.2) is 12.3 Å². The Morgan fingerprint density at radius 2 is 1.90 bits per heavy atom. The van der Waals surface area contributed by atoms with E-state index in [4.69, 9.17) is 4.74 Å². The summed E-state index contributed by atoms with van der Waals surface area (Å²) >= 11 is 1.31. The molecule has 1 N–H and O–H groups in total. The van der Waals surface area contributed by atoms with Crippen molar-refractivity contribution in [1.82, 2.24) is 4.98 Å². The molecule has 0 aliphatic rings. The number of aromatic nitrogens is 1. The number of carbonyl (C=O) groups excluding carboxylic acids is 2. The third-order valence-corrected chi connectivity index (χ3v) is 4.93. The summed E-state index contributed by atoms with van der Waals surface area (Å²) in [4.78, 5) is 38.7. The largest absolute Gasteiger partial charge is 0.451 e. The van der Waals surface area contributed by atoms with Crippen molar-refractivity contribution in [2.75, 3.05) is 11.9 Å². The van der Waals surface area contributed by atoms with Gasteiger partial charge >= 0.3 is 5.97 Å². The van der Waals surface area contributed by atoms with E-state index in [2.05, 4.69) is 10.3 Å². The highest BCUT2D eigenvalue weighted by molar-refractivity contribution is 7.13. The summed E-state index contributed by atoms with van der Waals surface area (Å²) in [7, 11) is 0. The molecule has 0 spiro atoms. The summed E-state index contributed by atoms with van der Waals surface area (Å²) in [6, 6.07) is 11.8. The van der Waals surface area contributed by atoms with Gasteiger partial charge in [-0.15, -0.1) is 11.3 Å². The summed E-state index contributed by atoms with van der Waals surface area (Å²) in [6.45, 7) is 3.13. The Balaban J connectivity index is 1.57. The third-order valence-electron chi connectivity index (χ3n) is 4.04. The van der Waals surface area contributed by atoms with Gasteiger partial charge in [-0.3, -0.25) is 14.9 Å². The molecule has 0 radical (unpaired) electrons. The maximum absolute atomic E-state index is 12.2. The molecule has 0 atom stereocenters. The van der Waals surface area contributed by atoms with Gasteiger partial charge < -0.3 is 10.1 Å². The van der Waals surface area contributed by atoms with Crippen molar-refractivity contribution in [3.8, 4) is 10.6 Å². The van der Waals surface area contributed by atoms with Crippen LogP contribution in [-0.2, 0) is 9.53 Å². The molecule has 148 valence electrons. The Morgan fingerprint density at radius 3 is 2.55 bits per heavy atom. The second-order valence-electron chi connectivity index (χ2n) is 6.28. The predicted molar refractivity (Wildman–Crippen MR) is 109 cm³/mol. The number of amides is 1. The molecule has 0 saturated heterocycles. The average molecular weight is 411 g/mol. The summed E-state index contributed by atoms with van der Waals surface area (Å²) in [5.41, 5.74) is 3.02. The van der Waals surface area contributed by atoms with Crippen LogP contribution in [0.15, 0.2) is 47.8 Å². The number of nitro groups is 1. The first-order valence-electron chi connectivity index (χ1n) is 8.58. The summed E-state index contributed by atoms with van der Waals surface area (Å²) in [5, 5.41) is 15.6. The highest BCUT2D eigenvalue weighted by Crippen LogP contribution is 2.24. The van der Waals surface area contributed by atoms with E-state index in [0.717, 1.165) is 11.1 Å². The van der Waals surface area contributed by atoms with Gasteiger partial charge in [0.2, 0.25) is 0 Å². The van der Waals surface area contributed by atoms with Gasteiger partial charge in [0.05, 0.1) is 4.92 Å². The highest BCUT2D eigenvalue weighted by atomic mass is 32.1. The lowest BCUT2D eigenvalue weighted by molar-refractivity contribution is -0.384. The van der Waals surface area contributed by atoms with Crippen molar-refractivity contribution < 1.29 is 19.2 Å². The molecular formula is C20H17N3O5S. The second-order valence-corrected chi connectivity index (χ2v) is 7.14. The van der Waals surface area contributed by atoms with Crippen LogP contribution in [0.25, 0.3) is 10.6 Å². The molecule has 0 bridgehead atoms. The van der Waals surface area contributed by atoms with Gasteiger partial charge in [0.25, 0.3) is 11.6 Å². The topological polar surface area (TPSA) is 111 Å². The third kappa shape index (κ3) is 5.02. The number of non-ortho nitro benzene ring substituents is 1. The SMILES string of the molecule is Cc1ccc(-c2nc(C(=O)OCC(=O)Nc3ccc([N+](=O)[O-])cc3C)cs2)cc1. The van der Waals surface area contributed by atoms with Crippen LogP contribution < -0.4 is 5.32 Å². The molecule has 2 aromatic carbocycles. The number of esters is 1. The van der Waals surface area contributed by atoms with Crippen molar-refractivity contribution in [3.05, 3.63) is 74.8 Å². The standard InChI is InChI=1S/C20H17N3O5S/c1-12-3-5-14(6-4-12)19-22-17(11-29-19)20(25)28-10-18(24)21-16-8-7-15(23(26)27)9-13(16)2/h3-9,11H,10H2,1-2H3,(H,21,24). The second kappa shape index (κ2) is 8.61. The Morgan fingerprint density at radius 1 is 1.17 bits per heavy atom. The van der Waals surface area contributed by atoms with E-state index in [1.54, 1.807) is 12.3 Å². The summed E-state index contributed by atoms with van der Waals surface area (Å²) in [6.07, 6.45) is 0. The van der Waals surface area contributed by atoms with Crippen molar-refractivity contribution in [1.29, 1.82) is 0 Å². The minimum absolute atomic E-state index is 0.0696. The number of ether oxygens (including phenoxy) is 1. The van der Waals surface area contributed by atoms with E-state index in [9.17, 15) is 19.7 Å². The predicted octanol–water partition coefficient (Wildman–Crippen LogP) is 4.13. The molecule has 3 aromatic rings. The number of nitrogens with one attached hydrogen (secondary N) is 1. The summed E-state index contributed by atoms with van der Waals surface area (Å²) < 4.78 is 5.02. The van der Waals surface area contributed by atoms with Crippen LogP contribution in [-0.4, -0.2) is 28.4 Å². The molecule has 0 saturated carbocycles. The number of anilines is 1. The zero-order valence-electron chi connectivity index (χ0n) is 15.7. The number of thiazole rings is 1. The first kappa shape index (κ1) is 20.2. The van der Waals surface area contributed by atoms with Crippen LogP contribution in [0.3, 0.4) is 0 Å². The van der Waals surface area contributed by atoms with Crippen LogP contribution in [0.1, 0.15) is 21.6 Å². The van der Waals surface area contributed by atoms with Gasteiger partial charge in [-0.05, 0) is 25.5 Å². The lowest BCUT2D eigenvalue weighted by Crippen LogP contribution is -2.21. The van der Waals surface area contributed by atoms with Gasteiger partial charge in [-0.25, -0.2) is 9.78 Å². The fraction of sp³-hybridized carbons (Fsp3) is 0.150. The lowest BCUT2D eigenvalue weighted by Gasteiger charge is -2.08. The number of aryl methyl sites for hydroxylation is 2. The van der Waals surface area contributed by atoms with Gasteiger partial charge in [0.1, 0.15) is 5.01 Å². The molecule has 1 amide bonds. The quantitative estimate of drug-likeness (QED) is 0.371. The first-order valence-corrected chi connectivity index (χ1v) is 9.46. The molecular weight excluding hydrogens is 394 g/mol. The monoisotopic (exact) mass is 411 g/mol. The lowest BCUT2D eigenvalue weighted by atomic mass is 10.2. The maximum Gasteiger partial charge on any atom is 0.358 e. The minimum atomic E-state index is -0.699. The Kier molecular flexibility index (Phi) is 5.99. The number of benzene rings is 2. The average Bonchev–Trinajstić information content (AvgIpc) is 3.18. The number of hydrogen-bond donors (Lipinski definition) is 1. The molecule has 1 heterocycles. The van der Waals surface area contributed by atoms with Gasteiger partial charge in [0, 0.05) is 28.8 Å². The van der Waals surface area contributed by atoms with Crippen molar-refractivity contribution >= 4 is 34.6 Å². The van der Waals surface area contributed by atoms with Crippen molar-refractivity contribution in [3.63, 3.8) is 0 Å². The smallest absolute Gasteiger partial charge is 0.358 e. The van der Waals surface area contributed by atoms with Crippen LogP contribution in [0, 0.1) is 24.0 Å². The molecule has 0 unspecified atom stereocenters. The molecule has 0 fully saturated rings. The zero-order valence-corrected chi connectivity index (χ0v) is 16.5. The van der Waals surface area contributed by atoms with Crippen LogP contribution in [0.4, 0.5) is 11.4 Å². The van der Waals surface area contributed by atoms with E-state index < -0.39 is 23.4 Å². The molecule has 1 aromatic heterocycles. The first-order chi connectivity index (χ1) is 13.8. The molecule has 9 heteroatoms. The molecule has 8 nitrogen and oxygen atoms in total. The Bertz CT molecular complexity index is 1080. The Hall–Kier alpha value is -3.59. The van der Waals surface area contributed by atoms with Crippen LogP contribution in [0.5, 0.6) is 0 Å². The van der Waals surface area contributed by atoms with Crippen LogP contribution in [0.2, 0.25) is 0 Å². The number of nitrogens with zero attached hydrogens (tertiary/aromatic N) is 2. The fourth-order valence-corrected chi connectivity index (χ4v) is 3.28. The van der Waals surface area contributed by atoms with E-state index in [1.165, 1.54) is 29.5 Å². The Labute approximate surface area is 170 Å². The van der Waals surface area contributed by atoms with E-state index in [0.29, 0.717) is 16.3 Å². The molecule has 29 heavy (non-hydrogen) atoms. The fourth-order valence-electron chi connectivity index (χ4n) is 2.49. The normalized spacial score (nSPS) is 10.4. The number of rotatable bonds is 6. The zero-order chi connectivity index (χ0) is 21.0. The molecule has 0 aliphatic heterocycles. The maximum atomic E-state index is 12.2. The van der Waals surface area contributed by atoms with E-state index in [-0.39, 0.29) is 11.4 Å². The van der Waals surface area contributed by atoms with E-state index >= 15 is 0 Å². The van der Waals surface area contributed by atoms with Crippen molar-refractivity contribution in [2.24, 2.45) is 0 Å². The number of hydrogen-bond acceptors (Lipinski definition) is 7. The molecule has 0 aliphatic carbocycles. The van der Waals surface area contributed by atoms with E-state index in [1.807, 2.05) is 31.2 Å².